The zero-order valence-corrected chi connectivity index (χ0v) is 9.41. The maximum absolute atomic E-state index is 11.3. The first kappa shape index (κ1) is 10.3. The Bertz CT molecular complexity index is 541. The molecule has 0 saturated heterocycles. The molecule has 80 valence electrons. The van der Waals surface area contributed by atoms with Gasteiger partial charge in [0.25, 0.3) is 0 Å². The average molecular weight is 226 g/mol. The molecule has 0 aliphatic rings. The van der Waals surface area contributed by atoms with E-state index in [9.17, 15) is 4.79 Å². The van der Waals surface area contributed by atoms with Gasteiger partial charge in [0.1, 0.15) is 0 Å². The van der Waals surface area contributed by atoms with Crippen molar-refractivity contribution < 1.29 is 4.42 Å². The monoisotopic (exact) mass is 225 g/mol. The summed E-state index contributed by atoms with van der Waals surface area (Å²) in [5.74, 6) is -0.343. The van der Waals surface area contributed by atoms with Crippen molar-refractivity contribution in [3.05, 3.63) is 34.3 Å². The molecule has 2 aromatic rings. The normalized spacial score (nSPS) is 13.3. The third-order valence-electron chi connectivity index (χ3n) is 2.54. The molecule has 1 aromatic heterocycles. The Morgan fingerprint density at radius 3 is 2.93 bits per heavy atom. The number of hydrogen-bond acceptors (Lipinski definition) is 2. The van der Waals surface area contributed by atoms with E-state index in [2.05, 4.69) is 0 Å². The Morgan fingerprint density at radius 2 is 2.27 bits per heavy atom. The minimum absolute atomic E-state index is 0.0279. The minimum Gasteiger partial charge on any atom is -0.408 e. The number of alkyl halides is 1. The van der Waals surface area contributed by atoms with Gasteiger partial charge in [-0.1, -0.05) is 13.0 Å². The van der Waals surface area contributed by atoms with E-state index < -0.39 is 0 Å². The first-order valence-electron chi connectivity index (χ1n) is 4.87. The molecule has 1 atom stereocenters. The van der Waals surface area contributed by atoms with Crippen molar-refractivity contribution in [1.82, 2.24) is 4.57 Å². The van der Waals surface area contributed by atoms with Gasteiger partial charge < -0.3 is 4.42 Å². The van der Waals surface area contributed by atoms with Crippen LogP contribution in [-0.4, -0.2) is 4.57 Å². The molecule has 1 unspecified atom stereocenters. The number of rotatable bonds is 2. The van der Waals surface area contributed by atoms with Crippen molar-refractivity contribution in [1.29, 1.82) is 0 Å². The van der Waals surface area contributed by atoms with Crippen molar-refractivity contribution in [2.45, 2.75) is 18.7 Å². The fraction of sp³-hybridized carbons (Fsp3) is 0.364. The van der Waals surface area contributed by atoms with E-state index in [4.69, 9.17) is 16.0 Å². The highest BCUT2D eigenvalue weighted by Gasteiger charge is 2.10. The van der Waals surface area contributed by atoms with E-state index in [0.717, 1.165) is 17.5 Å². The maximum Gasteiger partial charge on any atom is 0.419 e. The lowest BCUT2D eigenvalue weighted by Crippen LogP contribution is -2.08. The molecule has 0 fully saturated rings. The highest BCUT2D eigenvalue weighted by molar-refractivity contribution is 6.20. The summed E-state index contributed by atoms with van der Waals surface area (Å²) in [5.41, 5.74) is 2.38. The van der Waals surface area contributed by atoms with Crippen LogP contribution in [0.4, 0.5) is 0 Å². The van der Waals surface area contributed by atoms with Gasteiger partial charge in [-0.15, -0.1) is 11.6 Å². The first-order chi connectivity index (χ1) is 7.13. The van der Waals surface area contributed by atoms with Crippen molar-refractivity contribution in [3.63, 3.8) is 0 Å². The Hall–Kier alpha value is -1.22. The van der Waals surface area contributed by atoms with Crippen LogP contribution in [0.1, 0.15) is 24.3 Å². The lowest BCUT2D eigenvalue weighted by Gasteiger charge is -2.05. The summed E-state index contributed by atoms with van der Waals surface area (Å²) >= 11 is 6.11. The molecule has 15 heavy (non-hydrogen) atoms. The zero-order chi connectivity index (χ0) is 11.0. The molecule has 0 radical (unpaired) electrons. The fourth-order valence-corrected chi connectivity index (χ4v) is 1.72. The number of benzene rings is 1. The molecular formula is C11H12ClNO2. The lowest BCUT2D eigenvalue weighted by atomic mass is 10.1. The number of nitrogens with zero attached hydrogens (tertiary/aromatic N) is 1. The topological polar surface area (TPSA) is 35.1 Å². The molecule has 2 rings (SSSR count). The summed E-state index contributed by atoms with van der Waals surface area (Å²) in [5, 5.41) is -0.0279. The van der Waals surface area contributed by atoms with E-state index >= 15 is 0 Å². The Kier molecular flexibility index (Phi) is 2.57. The van der Waals surface area contributed by atoms with Gasteiger partial charge in [-0.3, -0.25) is 4.57 Å². The van der Waals surface area contributed by atoms with Crippen LogP contribution in [0, 0.1) is 0 Å². The second-order valence-electron chi connectivity index (χ2n) is 3.53. The van der Waals surface area contributed by atoms with Crippen LogP contribution in [0.2, 0.25) is 0 Å². The summed E-state index contributed by atoms with van der Waals surface area (Å²) in [7, 11) is 1.69. The van der Waals surface area contributed by atoms with Gasteiger partial charge in [0, 0.05) is 7.05 Å². The molecule has 0 spiro atoms. The molecule has 1 heterocycles. The Morgan fingerprint density at radius 1 is 1.53 bits per heavy atom. The smallest absolute Gasteiger partial charge is 0.408 e. The van der Waals surface area contributed by atoms with Crippen LogP contribution in [0.3, 0.4) is 0 Å². The van der Waals surface area contributed by atoms with Gasteiger partial charge in [0.15, 0.2) is 5.58 Å². The molecule has 1 aromatic carbocycles. The standard InChI is InChI=1S/C11H12ClNO2/c1-3-8(12)7-4-5-9-10(6-7)15-11(14)13(9)2/h4-6,8H,3H2,1-2H3. The molecule has 4 heteroatoms. The molecule has 0 aliphatic carbocycles. The Labute approximate surface area is 92.3 Å². The zero-order valence-electron chi connectivity index (χ0n) is 8.66. The van der Waals surface area contributed by atoms with E-state index in [0.29, 0.717) is 5.58 Å². The first-order valence-corrected chi connectivity index (χ1v) is 5.30. The SMILES string of the molecule is CCC(Cl)c1ccc2c(c1)oc(=O)n2C. The van der Waals surface area contributed by atoms with Crippen LogP contribution in [-0.2, 0) is 7.05 Å². The average Bonchev–Trinajstić information content (AvgIpc) is 2.53. The number of aromatic nitrogens is 1. The van der Waals surface area contributed by atoms with Gasteiger partial charge in [-0.25, -0.2) is 4.79 Å². The van der Waals surface area contributed by atoms with Crippen molar-refractivity contribution >= 4 is 22.7 Å². The van der Waals surface area contributed by atoms with Gasteiger partial charge in [-0.2, -0.15) is 0 Å². The predicted octanol–water partition coefficient (Wildman–Crippen LogP) is 2.82. The van der Waals surface area contributed by atoms with Gasteiger partial charge in [-0.05, 0) is 24.1 Å². The minimum atomic E-state index is -0.343. The number of fused-ring (bicyclic) bond motifs is 1. The summed E-state index contributed by atoms with van der Waals surface area (Å²) in [6.45, 7) is 2.02. The number of halogens is 1. The van der Waals surface area contributed by atoms with Crippen molar-refractivity contribution in [2.75, 3.05) is 0 Å². The largest absolute Gasteiger partial charge is 0.419 e. The molecule has 0 amide bonds. The lowest BCUT2D eigenvalue weighted by molar-refractivity contribution is 0.527. The second kappa shape index (κ2) is 3.74. The molecule has 0 aliphatic heterocycles. The Balaban J connectivity index is 2.62. The number of hydrogen-bond donors (Lipinski definition) is 0. The molecule has 0 N–H and O–H groups in total. The van der Waals surface area contributed by atoms with Crippen LogP contribution in [0.15, 0.2) is 27.4 Å². The highest BCUT2D eigenvalue weighted by atomic mass is 35.5. The van der Waals surface area contributed by atoms with E-state index in [-0.39, 0.29) is 11.1 Å². The van der Waals surface area contributed by atoms with Gasteiger partial charge >= 0.3 is 5.76 Å². The van der Waals surface area contributed by atoms with Crippen LogP contribution >= 0.6 is 11.6 Å². The van der Waals surface area contributed by atoms with Crippen LogP contribution in [0.25, 0.3) is 11.1 Å². The third kappa shape index (κ3) is 1.67. The van der Waals surface area contributed by atoms with E-state index in [1.807, 2.05) is 25.1 Å². The quantitative estimate of drug-likeness (QED) is 0.737. The number of oxazole rings is 1. The van der Waals surface area contributed by atoms with E-state index in [1.54, 1.807) is 7.05 Å². The molecular weight excluding hydrogens is 214 g/mol. The molecule has 0 saturated carbocycles. The molecule has 0 bridgehead atoms. The van der Waals surface area contributed by atoms with Crippen LogP contribution < -0.4 is 5.76 Å². The van der Waals surface area contributed by atoms with E-state index in [1.165, 1.54) is 4.57 Å². The summed E-state index contributed by atoms with van der Waals surface area (Å²) in [4.78, 5) is 11.3. The summed E-state index contributed by atoms with van der Waals surface area (Å²) < 4.78 is 6.56. The fourth-order valence-electron chi connectivity index (χ4n) is 1.58. The number of aryl methyl sites for hydroxylation is 1. The molecule has 3 nitrogen and oxygen atoms in total. The second-order valence-corrected chi connectivity index (χ2v) is 4.06. The van der Waals surface area contributed by atoms with Gasteiger partial charge in [0.2, 0.25) is 0 Å². The maximum atomic E-state index is 11.3. The van der Waals surface area contributed by atoms with Crippen molar-refractivity contribution in [3.8, 4) is 0 Å². The summed E-state index contributed by atoms with van der Waals surface area (Å²) in [6, 6.07) is 5.62. The third-order valence-corrected chi connectivity index (χ3v) is 3.10. The van der Waals surface area contributed by atoms with Crippen molar-refractivity contribution in [2.24, 2.45) is 7.05 Å². The highest BCUT2D eigenvalue weighted by Crippen LogP contribution is 2.26. The predicted molar refractivity (Wildman–Crippen MR) is 60.3 cm³/mol. The van der Waals surface area contributed by atoms with Gasteiger partial charge in [0.05, 0.1) is 10.9 Å². The van der Waals surface area contributed by atoms with Crippen LogP contribution in [0.5, 0.6) is 0 Å². The summed E-state index contributed by atoms with van der Waals surface area (Å²) in [6.07, 6.45) is 0.851.